The number of fused-ring (bicyclic) bond motifs is 5. The van der Waals surface area contributed by atoms with Gasteiger partial charge in [0, 0.05) is 10.2 Å². The number of hydrogen-bond acceptors (Lipinski definition) is 2. The Morgan fingerprint density at radius 2 is 2.12 bits per heavy atom. The number of aryl methyl sites for hydroxylation is 2. The molecule has 0 unspecified atom stereocenters. The average molecular weight is 307 g/mol. The lowest BCUT2D eigenvalue weighted by Crippen LogP contribution is -2.03. The molecule has 4 heteroatoms. The van der Waals surface area contributed by atoms with Gasteiger partial charge in [0.15, 0.2) is 4.96 Å². The lowest BCUT2D eigenvalue weighted by Gasteiger charge is -2.10. The monoisotopic (exact) mass is 306 g/mol. The maximum Gasteiger partial charge on any atom is 0.195 e. The molecule has 1 aromatic carbocycles. The maximum absolute atomic E-state index is 4.79. The number of thiazole rings is 1. The molecule has 0 N–H and O–H groups in total. The van der Waals surface area contributed by atoms with Crippen LogP contribution in [0.3, 0.4) is 0 Å². The van der Waals surface area contributed by atoms with E-state index in [1.54, 1.807) is 11.3 Å². The van der Waals surface area contributed by atoms with Crippen LogP contribution in [0.25, 0.3) is 15.2 Å². The zero-order valence-corrected chi connectivity index (χ0v) is 11.6. The average Bonchev–Trinajstić information content (AvgIpc) is 2.83. The summed E-state index contributed by atoms with van der Waals surface area (Å²) in [6.45, 7) is 0. The third kappa shape index (κ3) is 1.40. The van der Waals surface area contributed by atoms with Crippen molar-refractivity contribution in [3.05, 3.63) is 34.1 Å². The molecule has 0 spiro atoms. The van der Waals surface area contributed by atoms with E-state index in [1.807, 2.05) is 0 Å². The van der Waals surface area contributed by atoms with E-state index in [1.165, 1.54) is 40.9 Å². The Morgan fingerprint density at radius 1 is 1.24 bits per heavy atom. The smallest absolute Gasteiger partial charge is 0.195 e. The maximum atomic E-state index is 4.79. The summed E-state index contributed by atoms with van der Waals surface area (Å²) in [4.78, 5) is 5.94. The van der Waals surface area contributed by atoms with Crippen molar-refractivity contribution in [1.82, 2.24) is 9.38 Å². The Morgan fingerprint density at radius 3 is 3.06 bits per heavy atom. The van der Waals surface area contributed by atoms with Gasteiger partial charge in [-0.2, -0.15) is 0 Å². The molecule has 2 nitrogen and oxygen atoms in total. The summed E-state index contributed by atoms with van der Waals surface area (Å²) in [6, 6.07) is 6.49. The second kappa shape index (κ2) is 3.56. The summed E-state index contributed by atoms with van der Waals surface area (Å²) in [5.74, 6) is 0. The molecule has 1 aliphatic carbocycles. The van der Waals surface area contributed by atoms with Crippen molar-refractivity contribution in [2.45, 2.75) is 25.7 Å². The molecular weight excluding hydrogens is 296 g/mol. The number of halogens is 1. The zero-order valence-electron chi connectivity index (χ0n) is 9.24. The summed E-state index contributed by atoms with van der Waals surface area (Å²) in [5, 5.41) is 0. The lowest BCUT2D eigenvalue weighted by molar-refractivity contribution is 0.662. The van der Waals surface area contributed by atoms with Crippen LogP contribution in [-0.2, 0) is 12.8 Å². The first-order valence-corrected chi connectivity index (χ1v) is 7.52. The highest BCUT2D eigenvalue weighted by Gasteiger charge is 2.19. The molecule has 2 heterocycles. The van der Waals surface area contributed by atoms with Crippen molar-refractivity contribution in [3.63, 3.8) is 0 Å². The Hall–Kier alpha value is -0.870. The molecular formula is C13H11BrN2S. The first-order valence-electron chi connectivity index (χ1n) is 5.91. The van der Waals surface area contributed by atoms with E-state index in [0.717, 1.165) is 15.9 Å². The predicted octanol–water partition coefficient (Wildman–Crippen LogP) is 4.19. The summed E-state index contributed by atoms with van der Waals surface area (Å²) in [6.07, 6.45) is 4.93. The zero-order chi connectivity index (χ0) is 11.4. The molecule has 86 valence electrons. The van der Waals surface area contributed by atoms with Gasteiger partial charge < -0.3 is 0 Å². The molecule has 3 aromatic rings. The van der Waals surface area contributed by atoms with Crippen molar-refractivity contribution >= 4 is 42.4 Å². The number of imidazole rings is 1. The fraction of sp³-hybridized carbons (Fsp3) is 0.308. The topological polar surface area (TPSA) is 17.3 Å². The van der Waals surface area contributed by atoms with Gasteiger partial charge in [-0.25, -0.2) is 4.98 Å². The van der Waals surface area contributed by atoms with Crippen LogP contribution in [0.4, 0.5) is 0 Å². The van der Waals surface area contributed by atoms with Crippen LogP contribution in [0.1, 0.15) is 24.2 Å². The molecule has 1 aliphatic rings. The van der Waals surface area contributed by atoms with Gasteiger partial charge in [0.05, 0.1) is 15.9 Å². The lowest BCUT2D eigenvalue weighted by atomic mass is 10.0. The number of benzene rings is 1. The quantitative estimate of drug-likeness (QED) is 0.609. The second-order valence-electron chi connectivity index (χ2n) is 4.54. The minimum atomic E-state index is 1.14. The molecule has 0 bridgehead atoms. The molecule has 0 saturated heterocycles. The number of hydrogen-bond donors (Lipinski definition) is 0. The van der Waals surface area contributed by atoms with Crippen LogP contribution in [0.5, 0.6) is 0 Å². The summed E-state index contributed by atoms with van der Waals surface area (Å²) in [5.41, 5.74) is 4.08. The second-order valence-corrected chi connectivity index (χ2v) is 6.47. The van der Waals surface area contributed by atoms with E-state index in [0.29, 0.717) is 0 Å². The Bertz CT molecular complexity index is 726. The van der Waals surface area contributed by atoms with Crippen molar-refractivity contribution < 1.29 is 0 Å². The molecule has 2 aromatic heterocycles. The van der Waals surface area contributed by atoms with E-state index >= 15 is 0 Å². The van der Waals surface area contributed by atoms with Gasteiger partial charge in [-0.3, -0.25) is 4.40 Å². The van der Waals surface area contributed by atoms with Crippen molar-refractivity contribution in [1.29, 1.82) is 0 Å². The number of nitrogens with zero attached hydrogens (tertiary/aromatic N) is 2. The fourth-order valence-electron chi connectivity index (χ4n) is 2.69. The number of aromatic nitrogens is 2. The first-order chi connectivity index (χ1) is 8.33. The molecule has 0 saturated carbocycles. The Labute approximate surface area is 111 Å². The molecule has 0 atom stereocenters. The highest BCUT2D eigenvalue weighted by molar-refractivity contribution is 9.10. The first kappa shape index (κ1) is 10.1. The van der Waals surface area contributed by atoms with Gasteiger partial charge in [0.1, 0.15) is 0 Å². The molecule has 0 radical (unpaired) electrons. The molecule has 0 fully saturated rings. The predicted molar refractivity (Wildman–Crippen MR) is 74.9 cm³/mol. The van der Waals surface area contributed by atoms with E-state index in [4.69, 9.17) is 4.98 Å². The van der Waals surface area contributed by atoms with Crippen molar-refractivity contribution in [3.8, 4) is 0 Å². The van der Waals surface area contributed by atoms with Crippen molar-refractivity contribution in [2.75, 3.05) is 0 Å². The van der Waals surface area contributed by atoms with Gasteiger partial charge in [0.2, 0.25) is 0 Å². The van der Waals surface area contributed by atoms with Crippen LogP contribution in [-0.4, -0.2) is 9.38 Å². The van der Waals surface area contributed by atoms with Crippen molar-refractivity contribution in [2.24, 2.45) is 0 Å². The van der Waals surface area contributed by atoms with Gasteiger partial charge in [-0.15, -0.1) is 0 Å². The van der Waals surface area contributed by atoms with Gasteiger partial charge in [-0.05, 0) is 43.9 Å². The van der Waals surface area contributed by atoms with E-state index < -0.39 is 0 Å². The molecule has 4 rings (SSSR count). The third-order valence-corrected chi connectivity index (χ3v) is 4.96. The normalized spacial score (nSPS) is 15.6. The highest BCUT2D eigenvalue weighted by Crippen LogP contribution is 2.33. The molecule has 17 heavy (non-hydrogen) atoms. The van der Waals surface area contributed by atoms with E-state index in [2.05, 4.69) is 38.5 Å². The van der Waals surface area contributed by atoms with Gasteiger partial charge >= 0.3 is 0 Å². The van der Waals surface area contributed by atoms with Crippen LogP contribution in [0.15, 0.2) is 22.7 Å². The SMILES string of the molecule is Brc1ccc2c(c1)sc1nc3c(n12)CCCC3. The number of rotatable bonds is 0. The minimum Gasteiger partial charge on any atom is -0.287 e. The van der Waals surface area contributed by atoms with E-state index in [-0.39, 0.29) is 0 Å². The Balaban J connectivity index is 2.14. The molecule has 0 amide bonds. The minimum absolute atomic E-state index is 1.14. The fourth-order valence-corrected chi connectivity index (χ4v) is 4.30. The highest BCUT2D eigenvalue weighted by atomic mass is 79.9. The van der Waals surface area contributed by atoms with Crippen LogP contribution in [0.2, 0.25) is 0 Å². The van der Waals surface area contributed by atoms with Crippen LogP contribution in [0, 0.1) is 0 Å². The Kier molecular flexibility index (Phi) is 2.11. The summed E-state index contributed by atoms with van der Waals surface area (Å²) < 4.78 is 4.82. The third-order valence-electron chi connectivity index (χ3n) is 3.47. The van der Waals surface area contributed by atoms with E-state index in [9.17, 15) is 0 Å². The van der Waals surface area contributed by atoms with Gasteiger partial charge in [-0.1, -0.05) is 27.3 Å². The van der Waals surface area contributed by atoms with Gasteiger partial charge in [0.25, 0.3) is 0 Å². The largest absolute Gasteiger partial charge is 0.287 e. The molecule has 0 aliphatic heterocycles. The summed E-state index contributed by atoms with van der Waals surface area (Å²) in [7, 11) is 0. The summed E-state index contributed by atoms with van der Waals surface area (Å²) >= 11 is 5.32. The standard InChI is InChI=1S/C13H11BrN2S/c14-8-5-6-11-12(7-8)17-13-15-9-3-1-2-4-10(9)16(11)13/h5-7H,1-4H2. The van der Waals surface area contributed by atoms with Crippen LogP contribution < -0.4 is 0 Å². The van der Waals surface area contributed by atoms with Crippen LogP contribution >= 0.6 is 27.3 Å².